The van der Waals surface area contributed by atoms with E-state index in [1.807, 2.05) is 0 Å². The highest BCUT2D eigenvalue weighted by Gasteiger charge is 2.18. The lowest BCUT2D eigenvalue weighted by atomic mass is 10.1. The lowest BCUT2D eigenvalue weighted by Crippen LogP contribution is -2.30. The molecule has 0 bridgehead atoms. The van der Waals surface area contributed by atoms with Crippen molar-refractivity contribution in [1.29, 1.82) is 0 Å². The topological polar surface area (TPSA) is 85.9 Å². The van der Waals surface area contributed by atoms with Gasteiger partial charge in [-0.05, 0) is 34.1 Å². The zero-order chi connectivity index (χ0) is 14.0. The van der Waals surface area contributed by atoms with Gasteiger partial charge < -0.3 is 15.2 Å². The minimum atomic E-state index is -0.346. The molecule has 0 saturated carbocycles. The zero-order valence-electron chi connectivity index (χ0n) is 10.8. The molecule has 0 fully saturated rings. The normalized spacial score (nSPS) is 15.4. The average molecular weight is 363 g/mol. The van der Waals surface area contributed by atoms with Gasteiger partial charge in [-0.25, -0.2) is 4.99 Å². The number of nitrogens with two attached hydrogens (primary N) is 1. The van der Waals surface area contributed by atoms with Crippen molar-refractivity contribution in [2.75, 3.05) is 14.2 Å². The molecule has 8 heteroatoms. The summed E-state index contributed by atoms with van der Waals surface area (Å²) in [6.07, 6.45) is 1.59. The SMILES string of the molecule is COc1cc(/C=C2\N=C(N)NC2=O)c(OC)cc1Br.Cl. The molecule has 108 valence electrons. The zero-order valence-corrected chi connectivity index (χ0v) is 13.2. The Hall–Kier alpha value is -1.73. The number of carbonyl (C=O) groups excluding carboxylic acids is 1. The molecule has 1 aromatic rings. The van der Waals surface area contributed by atoms with E-state index in [1.165, 1.54) is 0 Å². The highest BCUT2D eigenvalue weighted by Crippen LogP contribution is 2.34. The molecule has 0 spiro atoms. The number of hydrogen-bond donors (Lipinski definition) is 2. The first-order chi connectivity index (χ1) is 9.05. The van der Waals surface area contributed by atoms with Crippen molar-refractivity contribution in [2.24, 2.45) is 10.7 Å². The van der Waals surface area contributed by atoms with Crippen molar-refractivity contribution in [3.05, 3.63) is 27.9 Å². The summed E-state index contributed by atoms with van der Waals surface area (Å²) in [5, 5.41) is 2.40. The standard InChI is InChI=1S/C12H12BrN3O3.ClH/c1-18-9-5-7(13)10(19-2)4-6(9)3-8-11(17)16-12(14)15-8;/h3-5H,1-2H3,(H3,14,15,16,17);1H/b8-3-;. The molecule has 0 aliphatic carbocycles. The van der Waals surface area contributed by atoms with Crippen LogP contribution in [0.15, 0.2) is 27.3 Å². The van der Waals surface area contributed by atoms with Gasteiger partial charge in [0.25, 0.3) is 5.91 Å². The van der Waals surface area contributed by atoms with Gasteiger partial charge in [0.15, 0.2) is 0 Å². The highest BCUT2D eigenvalue weighted by atomic mass is 79.9. The fourth-order valence-corrected chi connectivity index (χ4v) is 2.12. The first-order valence-corrected chi connectivity index (χ1v) is 6.13. The minimum Gasteiger partial charge on any atom is -0.496 e. The Kier molecular flexibility index (Phi) is 5.41. The first kappa shape index (κ1) is 16.3. The summed E-state index contributed by atoms with van der Waals surface area (Å²) in [5.41, 5.74) is 6.33. The summed E-state index contributed by atoms with van der Waals surface area (Å²) in [5.74, 6) is 0.956. The van der Waals surface area contributed by atoms with Crippen molar-refractivity contribution in [1.82, 2.24) is 5.32 Å². The number of nitrogens with one attached hydrogen (secondary N) is 1. The molecule has 1 aliphatic heterocycles. The van der Waals surface area contributed by atoms with E-state index in [0.29, 0.717) is 17.1 Å². The maximum absolute atomic E-state index is 11.6. The summed E-state index contributed by atoms with van der Waals surface area (Å²) >= 11 is 3.36. The third kappa shape index (κ3) is 3.23. The first-order valence-electron chi connectivity index (χ1n) is 5.34. The van der Waals surface area contributed by atoms with Crippen LogP contribution in [0.1, 0.15) is 5.56 Å². The van der Waals surface area contributed by atoms with E-state index in [2.05, 4.69) is 26.2 Å². The van der Waals surface area contributed by atoms with Crippen LogP contribution >= 0.6 is 28.3 Å². The van der Waals surface area contributed by atoms with E-state index in [1.54, 1.807) is 32.4 Å². The van der Waals surface area contributed by atoms with Gasteiger partial charge in [0.05, 0.1) is 18.7 Å². The van der Waals surface area contributed by atoms with Gasteiger partial charge >= 0.3 is 0 Å². The number of nitrogens with zero attached hydrogens (tertiary/aromatic N) is 1. The summed E-state index contributed by atoms with van der Waals surface area (Å²) in [6, 6.07) is 3.50. The van der Waals surface area contributed by atoms with E-state index in [-0.39, 0.29) is 30.0 Å². The van der Waals surface area contributed by atoms with Crippen molar-refractivity contribution in [2.45, 2.75) is 0 Å². The Balaban J connectivity index is 0.00000200. The van der Waals surface area contributed by atoms with Crippen LogP contribution < -0.4 is 20.5 Å². The van der Waals surface area contributed by atoms with Crippen molar-refractivity contribution in [3.8, 4) is 11.5 Å². The molecule has 0 radical (unpaired) electrons. The summed E-state index contributed by atoms with van der Waals surface area (Å²) in [4.78, 5) is 15.5. The Labute approximate surface area is 130 Å². The predicted octanol–water partition coefficient (Wildman–Crippen LogP) is 1.67. The quantitative estimate of drug-likeness (QED) is 0.801. The maximum Gasteiger partial charge on any atom is 0.276 e. The van der Waals surface area contributed by atoms with Gasteiger partial charge in [0.2, 0.25) is 5.96 Å². The molecule has 2 rings (SSSR count). The Morgan fingerprint density at radius 1 is 1.30 bits per heavy atom. The third-order valence-electron chi connectivity index (χ3n) is 2.51. The van der Waals surface area contributed by atoms with E-state index < -0.39 is 0 Å². The number of halogens is 2. The molecule has 0 aromatic heterocycles. The lowest BCUT2D eigenvalue weighted by Gasteiger charge is -2.09. The molecule has 3 N–H and O–H groups in total. The summed E-state index contributed by atoms with van der Waals surface area (Å²) < 4.78 is 11.2. The summed E-state index contributed by atoms with van der Waals surface area (Å²) in [6.45, 7) is 0. The largest absolute Gasteiger partial charge is 0.496 e. The monoisotopic (exact) mass is 361 g/mol. The smallest absolute Gasteiger partial charge is 0.276 e. The van der Waals surface area contributed by atoms with Gasteiger partial charge in [-0.15, -0.1) is 12.4 Å². The second-order valence-corrected chi connectivity index (χ2v) is 4.56. The Morgan fingerprint density at radius 2 is 1.95 bits per heavy atom. The molecule has 1 aliphatic rings. The minimum absolute atomic E-state index is 0. The molecule has 20 heavy (non-hydrogen) atoms. The third-order valence-corrected chi connectivity index (χ3v) is 3.13. The molecule has 6 nitrogen and oxygen atoms in total. The fraction of sp³-hybridized carbons (Fsp3) is 0.167. The van der Waals surface area contributed by atoms with Gasteiger partial charge in [-0.2, -0.15) is 0 Å². The van der Waals surface area contributed by atoms with Crippen LogP contribution in [0.3, 0.4) is 0 Å². The maximum atomic E-state index is 11.6. The van der Waals surface area contributed by atoms with E-state index in [4.69, 9.17) is 15.2 Å². The number of methoxy groups -OCH3 is 2. The number of guanidine groups is 1. The lowest BCUT2D eigenvalue weighted by molar-refractivity contribution is -0.115. The van der Waals surface area contributed by atoms with Gasteiger partial charge in [-0.3, -0.25) is 10.1 Å². The Bertz CT molecular complexity index is 602. The molecule has 1 aromatic carbocycles. The van der Waals surface area contributed by atoms with Crippen molar-refractivity contribution in [3.63, 3.8) is 0 Å². The molecular weight excluding hydrogens is 350 g/mol. The van der Waals surface area contributed by atoms with Crippen LogP contribution in [0, 0.1) is 0 Å². The summed E-state index contributed by atoms with van der Waals surface area (Å²) in [7, 11) is 3.10. The van der Waals surface area contributed by atoms with E-state index >= 15 is 0 Å². The highest BCUT2D eigenvalue weighted by molar-refractivity contribution is 9.10. The fourth-order valence-electron chi connectivity index (χ4n) is 1.63. The number of ether oxygens (including phenoxy) is 2. The number of rotatable bonds is 3. The number of amides is 1. The molecule has 0 saturated heterocycles. The number of benzene rings is 1. The molecule has 0 unspecified atom stereocenters. The van der Waals surface area contributed by atoms with Crippen LogP contribution in [-0.2, 0) is 4.79 Å². The van der Waals surface area contributed by atoms with Crippen LogP contribution in [0.5, 0.6) is 11.5 Å². The number of carbonyl (C=O) groups is 1. The second kappa shape index (κ2) is 6.62. The average Bonchev–Trinajstić information content (AvgIpc) is 2.69. The molecule has 1 heterocycles. The Morgan fingerprint density at radius 3 is 2.45 bits per heavy atom. The number of aliphatic imine (C=N–C) groups is 1. The van der Waals surface area contributed by atoms with Crippen molar-refractivity contribution < 1.29 is 14.3 Å². The molecule has 1 amide bonds. The second-order valence-electron chi connectivity index (χ2n) is 3.71. The number of hydrogen-bond acceptors (Lipinski definition) is 5. The molecule has 0 atom stereocenters. The van der Waals surface area contributed by atoms with Crippen LogP contribution in [0.4, 0.5) is 0 Å². The van der Waals surface area contributed by atoms with E-state index in [0.717, 1.165) is 4.47 Å². The van der Waals surface area contributed by atoms with Gasteiger partial charge in [0, 0.05) is 5.56 Å². The van der Waals surface area contributed by atoms with Gasteiger partial charge in [0.1, 0.15) is 17.2 Å². The molecular formula is C12H13BrClN3O3. The van der Waals surface area contributed by atoms with E-state index in [9.17, 15) is 4.79 Å². The van der Waals surface area contributed by atoms with Crippen LogP contribution in [-0.4, -0.2) is 26.1 Å². The predicted molar refractivity (Wildman–Crippen MR) is 82.2 cm³/mol. The van der Waals surface area contributed by atoms with Crippen LogP contribution in [0.2, 0.25) is 0 Å². The van der Waals surface area contributed by atoms with Crippen molar-refractivity contribution >= 4 is 46.3 Å². The van der Waals surface area contributed by atoms with Gasteiger partial charge in [-0.1, -0.05) is 0 Å². The van der Waals surface area contributed by atoms with Crippen LogP contribution in [0.25, 0.3) is 6.08 Å².